The molecule has 0 N–H and O–H groups in total. The number of benzene rings is 1. The molecule has 1 fully saturated rings. The summed E-state index contributed by atoms with van der Waals surface area (Å²) in [5.41, 5.74) is 0.754. The smallest absolute Gasteiger partial charge is 0.146 e. The minimum Gasteiger partial charge on any atom is -0.298 e. The molecule has 0 aromatic heterocycles. The molecule has 0 radical (unpaired) electrons. The molecule has 1 unspecified atom stereocenters. The number of carbonyl (C=O) groups is 1. The van der Waals surface area contributed by atoms with Crippen LogP contribution in [0.25, 0.3) is 0 Å². The van der Waals surface area contributed by atoms with Crippen LogP contribution < -0.4 is 0 Å². The van der Waals surface area contributed by atoms with Crippen LogP contribution in [0.5, 0.6) is 0 Å². The predicted molar refractivity (Wildman–Crippen MR) is 70.1 cm³/mol. The summed E-state index contributed by atoms with van der Waals surface area (Å²) in [6.07, 6.45) is 3.05. The lowest BCUT2D eigenvalue weighted by Crippen LogP contribution is -2.43. The molecule has 4 heteroatoms. The highest BCUT2D eigenvalue weighted by atomic mass is 35.5. The molecule has 1 aliphatic heterocycles. The van der Waals surface area contributed by atoms with Gasteiger partial charge in [-0.2, -0.15) is 0 Å². The van der Waals surface area contributed by atoms with E-state index in [9.17, 15) is 9.18 Å². The number of rotatable bonds is 3. The maximum atomic E-state index is 13.2. The van der Waals surface area contributed by atoms with E-state index in [1.54, 1.807) is 13.0 Å². The summed E-state index contributed by atoms with van der Waals surface area (Å²) >= 11 is 6.06. The standard InChI is InChI=1S/C14H17ClFNO/c1-10(18)14-4-2-3-7-17(14)9-11-8-12(16)5-6-13(11)15/h5-6,8,14H,2-4,7,9H2,1H3. The van der Waals surface area contributed by atoms with Gasteiger partial charge in [0.05, 0.1) is 6.04 Å². The molecule has 1 saturated heterocycles. The van der Waals surface area contributed by atoms with Crippen LogP contribution in [0.3, 0.4) is 0 Å². The van der Waals surface area contributed by atoms with Gasteiger partial charge in [-0.25, -0.2) is 4.39 Å². The zero-order valence-corrected chi connectivity index (χ0v) is 11.2. The summed E-state index contributed by atoms with van der Waals surface area (Å²) in [7, 11) is 0. The van der Waals surface area contributed by atoms with Gasteiger partial charge in [-0.05, 0) is 50.1 Å². The Morgan fingerprint density at radius 3 is 3.00 bits per heavy atom. The predicted octanol–water partition coefficient (Wildman–Crippen LogP) is 3.42. The van der Waals surface area contributed by atoms with Crippen LogP contribution in [0.2, 0.25) is 5.02 Å². The number of halogens is 2. The van der Waals surface area contributed by atoms with E-state index in [2.05, 4.69) is 4.90 Å². The number of hydrogen-bond donors (Lipinski definition) is 0. The summed E-state index contributed by atoms with van der Waals surface area (Å²) in [5.74, 6) is -0.104. The van der Waals surface area contributed by atoms with Crippen molar-refractivity contribution in [3.63, 3.8) is 0 Å². The topological polar surface area (TPSA) is 20.3 Å². The van der Waals surface area contributed by atoms with Crippen molar-refractivity contribution in [1.29, 1.82) is 0 Å². The van der Waals surface area contributed by atoms with Gasteiger partial charge in [0.15, 0.2) is 0 Å². The van der Waals surface area contributed by atoms with Crippen molar-refractivity contribution in [2.24, 2.45) is 0 Å². The minimum absolute atomic E-state index is 0.0434. The van der Waals surface area contributed by atoms with Gasteiger partial charge in [0.2, 0.25) is 0 Å². The second-order valence-electron chi connectivity index (χ2n) is 4.83. The Labute approximate surface area is 112 Å². The lowest BCUT2D eigenvalue weighted by molar-refractivity contribution is -0.123. The second kappa shape index (κ2) is 5.81. The van der Waals surface area contributed by atoms with Gasteiger partial charge >= 0.3 is 0 Å². The number of hydrogen-bond acceptors (Lipinski definition) is 2. The molecule has 0 aliphatic carbocycles. The third kappa shape index (κ3) is 3.09. The van der Waals surface area contributed by atoms with Crippen molar-refractivity contribution >= 4 is 17.4 Å². The third-order valence-corrected chi connectivity index (χ3v) is 3.83. The fraction of sp³-hybridized carbons (Fsp3) is 0.500. The zero-order valence-electron chi connectivity index (χ0n) is 10.5. The molecule has 1 aromatic rings. The first-order valence-electron chi connectivity index (χ1n) is 6.26. The molecule has 98 valence electrons. The van der Waals surface area contributed by atoms with Gasteiger partial charge in [-0.1, -0.05) is 18.0 Å². The number of piperidine rings is 1. The van der Waals surface area contributed by atoms with E-state index in [4.69, 9.17) is 11.6 Å². The number of ketones is 1. The van der Waals surface area contributed by atoms with Crippen LogP contribution in [-0.4, -0.2) is 23.3 Å². The number of Topliss-reactive ketones (excluding diaryl/α,β-unsaturated/α-hetero) is 1. The van der Waals surface area contributed by atoms with Crippen molar-refractivity contribution < 1.29 is 9.18 Å². The lowest BCUT2D eigenvalue weighted by Gasteiger charge is -2.34. The molecular formula is C14H17ClFNO. The Kier molecular flexibility index (Phi) is 4.36. The Bertz CT molecular complexity index is 449. The molecule has 2 rings (SSSR count). The molecular weight excluding hydrogens is 253 g/mol. The van der Waals surface area contributed by atoms with Gasteiger partial charge in [-0.3, -0.25) is 9.69 Å². The molecule has 2 nitrogen and oxygen atoms in total. The SMILES string of the molecule is CC(=O)C1CCCCN1Cc1cc(F)ccc1Cl. The van der Waals surface area contributed by atoms with E-state index in [0.29, 0.717) is 11.6 Å². The Hall–Kier alpha value is -0.930. The molecule has 1 aromatic carbocycles. The summed E-state index contributed by atoms with van der Waals surface area (Å²) in [4.78, 5) is 13.7. The minimum atomic E-state index is -0.286. The highest BCUT2D eigenvalue weighted by Gasteiger charge is 2.26. The van der Waals surface area contributed by atoms with Crippen LogP contribution in [-0.2, 0) is 11.3 Å². The van der Waals surface area contributed by atoms with Gasteiger partial charge in [0.25, 0.3) is 0 Å². The first-order valence-corrected chi connectivity index (χ1v) is 6.64. The maximum Gasteiger partial charge on any atom is 0.146 e. The molecule has 0 bridgehead atoms. The third-order valence-electron chi connectivity index (χ3n) is 3.46. The van der Waals surface area contributed by atoms with Crippen LogP contribution in [0.4, 0.5) is 4.39 Å². The quantitative estimate of drug-likeness (QED) is 0.838. The van der Waals surface area contributed by atoms with E-state index in [0.717, 1.165) is 31.4 Å². The maximum absolute atomic E-state index is 13.2. The van der Waals surface area contributed by atoms with Crippen LogP contribution in [0.1, 0.15) is 31.7 Å². The number of likely N-dealkylation sites (tertiary alicyclic amines) is 1. The average Bonchev–Trinajstić information content (AvgIpc) is 2.34. The number of carbonyl (C=O) groups excluding carboxylic acids is 1. The van der Waals surface area contributed by atoms with E-state index < -0.39 is 0 Å². The van der Waals surface area contributed by atoms with Crippen LogP contribution >= 0.6 is 11.6 Å². The van der Waals surface area contributed by atoms with E-state index in [1.165, 1.54) is 12.1 Å². The Morgan fingerprint density at radius 1 is 1.50 bits per heavy atom. The van der Waals surface area contributed by atoms with E-state index in [1.807, 2.05) is 0 Å². The van der Waals surface area contributed by atoms with Crippen molar-refractivity contribution in [2.75, 3.05) is 6.54 Å². The molecule has 1 aliphatic rings. The van der Waals surface area contributed by atoms with Crippen LogP contribution in [0, 0.1) is 5.82 Å². The summed E-state index contributed by atoms with van der Waals surface area (Å²) in [5, 5.41) is 0.560. The van der Waals surface area contributed by atoms with Crippen molar-refractivity contribution in [1.82, 2.24) is 4.90 Å². The van der Waals surface area contributed by atoms with Crippen molar-refractivity contribution in [3.05, 3.63) is 34.6 Å². The highest BCUT2D eigenvalue weighted by Crippen LogP contribution is 2.24. The molecule has 0 saturated carbocycles. The van der Waals surface area contributed by atoms with E-state index >= 15 is 0 Å². The van der Waals surface area contributed by atoms with Gasteiger partial charge in [0.1, 0.15) is 11.6 Å². The van der Waals surface area contributed by atoms with Crippen molar-refractivity contribution in [3.8, 4) is 0 Å². The van der Waals surface area contributed by atoms with Gasteiger partial charge in [-0.15, -0.1) is 0 Å². The lowest BCUT2D eigenvalue weighted by atomic mass is 9.98. The summed E-state index contributed by atoms with van der Waals surface area (Å²) in [6.45, 7) is 3.04. The Balaban J connectivity index is 2.15. The van der Waals surface area contributed by atoms with E-state index in [-0.39, 0.29) is 17.6 Å². The molecule has 1 atom stereocenters. The van der Waals surface area contributed by atoms with Crippen molar-refractivity contribution in [2.45, 2.75) is 38.8 Å². The largest absolute Gasteiger partial charge is 0.298 e. The molecule has 0 amide bonds. The van der Waals surface area contributed by atoms with Crippen LogP contribution in [0.15, 0.2) is 18.2 Å². The fourth-order valence-corrected chi connectivity index (χ4v) is 2.70. The fourth-order valence-electron chi connectivity index (χ4n) is 2.52. The van der Waals surface area contributed by atoms with Gasteiger partial charge in [0, 0.05) is 11.6 Å². The van der Waals surface area contributed by atoms with Gasteiger partial charge < -0.3 is 0 Å². The second-order valence-corrected chi connectivity index (χ2v) is 5.24. The molecule has 0 spiro atoms. The monoisotopic (exact) mass is 269 g/mol. The summed E-state index contributed by atoms with van der Waals surface area (Å²) < 4.78 is 13.2. The normalized spacial score (nSPS) is 20.9. The Morgan fingerprint density at radius 2 is 2.28 bits per heavy atom. The summed E-state index contributed by atoms with van der Waals surface area (Å²) in [6, 6.07) is 4.33. The highest BCUT2D eigenvalue weighted by molar-refractivity contribution is 6.31. The first kappa shape index (κ1) is 13.5. The molecule has 18 heavy (non-hydrogen) atoms. The zero-order chi connectivity index (χ0) is 13.1. The first-order chi connectivity index (χ1) is 8.58. The number of nitrogens with zero attached hydrogens (tertiary/aromatic N) is 1. The average molecular weight is 270 g/mol. The molecule has 1 heterocycles.